The molecule has 1 aromatic heterocycles. The number of nitrogens with zero attached hydrogens (tertiary/aromatic N) is 3. The first-order valence-corrected chi connectivity index (χ1v) is 7.23. The third-order valence-electron chi connectivity index (χ3n) is 3.34. The van der Waals surface area contributed by atoms with E-state index in [-0.39, 0.29) is 11.5 Å². The maximum Gasteiger partial charge on any atom is 0.0820 e. The van der Waals surface area contributed by atoms with Crippen LogP contribution in [-0.4, -0.2) is 21.5 Å². The van der Waals surface area contributed by atoms with Gasteiger partial charge in [0.2, 0.25) is 0 Å². The maximum atomic E-state index is 4.26. The molecule has 1 N–H and O–H groups in total. The minimum absolute atomic E-state index is 0.101. The highest BCUT2D eigenvalue weighted by Crippen LogP contribution is 2.33. The lowest BCUT2D eigenvalue weighted by atomic mass is 9.84. The van der Waals surface area contributed by atoms with Crippen LogP contribution in [0.25, 0.3) is 5.69 Å². The number of para-hydroxylation sites is 1. The molecule has 0 radical (unpaired) electrons. The molecule has 1 unspecified atom stereocenters. The Kier molecular flexibility index (Phi) is 4.55. The highest BCUT2D eigenvalue weighted by atomic mass is 15.4. The molecule has 1 atom stereocenters. The Labute approximate surface area is 121 Å². The van der Waals surface area contributed by atoms with Crippen molar-refractivity contribution in [2.45, 2.75) is 40.2 Å². The van der Waals surface area contributed by atoms with Crippen molar-refractivity contribution in [1.29, 1.82) is 0 Å². The van der Waals surface area contributed by atoms with E-state index in [9.17, 15) is 0 Å². The zero-order valence-electron chi connectivity index (χ0n) is 12.8. The minimum Gasteiger partial charge on any atom is -0.308 e. The topological polar surface area (TPSA) is 42.7 Å². The molecule has 20 heavy (non-hydrogen) atoms. The van der Waals surface area contributed by atoms with Gasteiger partial charge in [-0.3, -0.25) is 0 Å². The van der Waals surface area contributed by atoms with Crippen LogP contribution in [0.2, 0.25) is 0 Å². The molecule has 1 aromatic carbocycles. The van der Waals surface area contributed by atoms with Gasteiger partial charge in [-0.05, 0) is 30.5 Å². The van der Waals surface area contributed by atoms with Gasteiger partial charge < -0.3 is 5.32 Å². The molecule has 2 rings (SSSR count). The van der Waals surface area contributed by atoms with Crippen molar-refractivity contribution in [3.8, 4) is 5.69 Å². The Morgan fingerprint density at radius 2 is 1.90 bits per heavy atom. The number of benzene rings is 1. The van der Waals surface area contributed by atoms with Gasteiger partial charge in [0.05, 0.1) is 23.6 Å². The fourth-order valence-electron chi connectivity index (χ4n) is 2.35. The van der Waals surface area contributed by atoms with E-state index >= 15 is 0 Å². The van der Waals surface area contributed by atoms with E-state index in [0.29, 0.717) is 0 Å². The second kappa shape index (κ2) is 6.18. The van der Waals surface area contributed by atoms with Gasteiger partial charge >= 0.3 is 0 Å². The summed E-state index contributed by atoms with van der Waals surface area (Å²) in [6.45, 7) is 9.88. The van der Waals surface area contributed by atoms with Crippen LogP contribution in [0.1, 0.15) is 45.9 Å². The Morgan fingerprint density at radius 1 is 1.20 bits per heavy atom. The SMILES string of the molecule is CCCNC(c1cnnn1-c1ccccc1)C(C)(C)C. The van der Waals surface area contributed by atoms with Crippen molar-refractivity contribution in [2.75, 3.05) is 6.54 Å². The predicted molar refractivity (Wildman–Crippen MR) is 81.8 cm³/mol. The van der Waals surface area contributed by atoms with Crippen LogP contribution >= 0.6 is 0 Å². The van der Waals surface area contributed by atoms with E-state index in [0.717, 1.165) is 24.3 Å². The molecule has 2 aromatic rings. The van der Waals surface area contributed by atoms with Gasteiger partial charge in [-0.15, -0.1) is 5.10 Å². The zero-order valence-corrected chi connectivity index (χ0v) is 12.8. The number of hydrogen-bond donors (Lipinski definition) is 1. The molecule has 0 amide bonds. The molecule has 4 nitrogen and oxygen atoms in total. The summed E-state index contributed by atoms with van der Waals surface area (Å²) in [5.41, 5.74) is 2.26. The average molecular weight is 272 g/mol. The lowest BCUT2D eigenvalue weighted by molar-refractivity contribution is 0.264. The second-order valence-electron chi connectivity index (χ2n) is 6.16. The van der Waals surface area contributed by atoms with Crippen molar-refractivity contribution in [3.63, 3.8) is 0 Å². The Morgan fingerprint density at radius 3 is 2.50 bits per heavy atom. The van der Waals surface area contributed by atoms with E-state index in [1.54, 1.807) is 0 Å². The van der Waals surface area contributed by atoms with Gasteiger partial charge in [0.15, 0.2) is 0 Å². The van der Waals surface area contributed by atoms with Crippen LogP contribution in [-0.2, 0) is 0 Å². The molecule has 0 bridgehead atoms. The Bertz CT molecular complexity index is 525. The maximum absolute atomic E-state index is 4.26. The van der Waals surface area contributed by atoms with Crippen molar-refractivity contribution >= 4 is 0 Å². The molecular weight excluding hydrogens is 248 g/mol. The van der Waals surface area contributed by atoms with Crippen LogP contribution in [0.3, 0.4) is 0 Å². The predicted octanol–water partition coefficient (Wildman–Crippen LogP) is 3.35. The van der Waals surface area contributed by atoms with E-state index in [4.69, 9.17) is 0 Å². The number of aromatic nitrogens is 3. The van der Waals surface area contributed by atoms with Crippen molar-refractivity contribution in [2.24, 2.45) is 5.41 Å². The summed E-state index contributed by atoms with van der Waals surface area (Å²) in [6, 6.07) is 10.4. The number of hydrogen-bond acceptors (Lipinski definition) is 3. The molecule has 0 aliphatic rings. The van der Waals surface area contributed by atoms with Gasteiger partial charge in [0, 0.05) is 0 Å². The molecule has 0 fully saturated rings. The van der Waals surface area contributed by atoms with E-state index in [1.165, 1.54) is 0 Å². The molecule has 0 saturated carbocycles. The van der Waals surface area contributed by atoms with E-state index < -0.39 is 0 Å². The fraction of sp³-hybridized carbons (Fsp3) is 0.500. The number of rotatable bonds is 5. The molecule has 108 valence electrons. The summed E-state index contributed by atoms with van der Waals surface area (Å²) in [7, 11) is 0. The first-order valence-electron chi connectivity index (χ1n) is 7.23. The van der Waals surface area contributed by atoms with Crippen molar-refractivity contribution < 1.29 is 0 Å². The van der Waals surface area contributed by atoms with Crippen LogP contribution in [0.5, 0.6) is 0 Å². The van der Waals surface area contributed by atoms with Gasteiger partial charge in [-0.2, -0.15) is 0 Å². The largest absolute Gasteiger partial charge is 0.308 e. The number of nitrogens with one attached hydrogen (secondary N) is 1. The zero-order chi connectivity index (χ0) is 14.6. The average Bonchev–Trinajstić information content (AvgIpc) is 2.88. The molecular formula is C16H24N4. The van der Waals surface area contributed by atoms with E-state index in [2.05, 4.69) is 55.5 Å². The minimum atomic E-state index is 0.101. The summed E-state index contributed by atoms with van der Waals surface area (Å²) < 4.78 is 1.93. The fourth-order valence-corrected chi connectivity index (χ4v) is 2.35. The summed E-state index contributed by atoms with van der Waals surface area (Å²) in [6.07, 6.45) is 2.98. The lowest BCUT2D eigenvalue weighted by Gasteiger charge is -2.31. The quantitative estimate of drug-likeness (QED) is 0.907. The standard InChI is InChI=1S/C16H24N4/c1-5-11-17-15(16(2,3)4)14-12-18-19-20(14)13-9-7-6-8-10-13/h6-10,12,15,17H,5,11H2,1-4H3. The third kappa shape index (κ3) is 3.25. The van der Waals surface area contributed by atoms with Crippen LogP contribution in [0.15, 0.2) is 36.5 Å². The summed E-state index contributed by atoms with van der Waals surface area (Å²) in [5, 5.41) is 12.0. The Hall–Kier alpha value is -1.68. The third-order valence-corrected chi connectivity index (χ3v) is 3.34. The molecule has 1 heterocycles. The molecule has 0 aliphatic carbocycles. The monoisotopic (exact) mass is 272 g/mol. The van der Waals surface area contributed by atoms with E-state index in [1.807, 2.05) is 29.1 Å². The summed E-state index contributed by atoms with van der Waals surface area (Å²) in [5.74, 6) is 0. The molecule has 0 aliphatic heterocycles. The smallest absolute Gasteiger partial charge is 0.0820 e. The highest BCUT2D eigenvalue weighted by Gasteiger charge is 2.29. The molecule has 0 spiro atoms. The second-order valence-corrected chi connectivity index (χ2v) is 6.16. The van der Waals surface area contributed by atoms with Crippen molar-refractivity contribution in [3.05, 3.63) is 42.2 Å². The van der Waals surface area contributed by atoms with Crippen molar-refractivity contribution in [1.82, 2.24) is 20.3 Å². The summed E-state index contributed by atoms with van der Waals surface area (Å²) in [4.78, 5) is 0. The van der Waals surface area contributed by atoms with Crippen LogP contribution in [0.4, 0.5) is 0 Å². The molecule has 4 heteroatoms. The van der Waals surface area contributed by atoms with Gasteiger partial charge in [0.1, 0.15) is 0 Å². The van der Waals surface area contributed by atoms with Crippen LogP contribution < -0.4 is 5.32 Å². The van der Waals surface area contributed by atoms with Gasteiger partial charge in [0.25, 0.3) is 0 Å². The van der Waals surface area contributed by atoms with Crippen LogP contribution in [0, 0.1) is 5.41 Å². The van der Waals surface area contributed by atoms with Gasteiger partial charge in [-0.25, -0.2) is 4.68 Å². The normalized spacial score (nSPS) is 13.4. The first kappa shape index (κ1) is 14.7. The first-order chi connectivity index (χ1) is 9.54. The lowest BCUT2D eigenvalue weighted by Crippen LogP contribution is -2.34. The molecule has 0 saturated heterocycles. The Balaban J connectivity index is 2.38. The summed E-state index contributed by atoms with van der Waals surface area (Å²) >= 11 is 0. The highest BCUT2D eigenvalue weighted by molar-refractivity contribution is 5.32. The van der Waals surface area contributed by atoms with Gasteiger partial charge in [-0.1, -0.05) is 51.1 Å².